The molecule has 0 aromatic carbocycles. The van der Waals surface area contributed by atoms with Gasteiger partial charge < -0.3 is 9.80 Å². The quantitative estimate of drug-likeness (QED) is 0.538. The third-order valence-electron chi connectivity index (χ3n) is 2.26. The van der Waals surface area contributed by atoms with Crippen molar-refractivity contribution in [1.82, 2.24) is 14.7 Å². The molecular weight excluding hydrogens is 162 g/mol. The molecule has 1 saturated heterocycles. The van der Waals surface area contributed by atoms with E-state index in [4.69, 9.17) is 0 Å². The molecule has 0 spiro atoms. The molecule has 0 amide bonds. The van der Waals surface area contributed by atoms with E-state index in [1.54, 1.807) is 0 Å². The van der Waals surface area contributed by atoms with Crippen LogP contribution in [0.2, 0.25) is 0 Å². The van der Waals surface area contributed by atoms with Crippen molar-refractivity contribution in [3.63, 3.8) is 0 Å². The molecule has 3 heteroatoms. The third-order valence-corrected chi connectivity index (χ3v) is 2.26. The smallest absolute Gasteiger partial charge is 0.0351 e. The molecule has 77 valence electrons. The zero-order valence-corrected chi connectivity index (χ0v) is 9.32. The van der Waals surface area contributed by atoms with E-state index < -0.39 is 0 Å². The third kappa shape index (κ3) is 4.60. The highest BCUT2D eigenvalue weighted by atomic mass is 15.3. The van der Waals surface area contributed by atoms with Crippen LogP contribution in [0.3, 0.4) is 0 Å². The molecule has 1 radical (unpaired) electrons. The van der Waals surface area contributed by atoms with Crippen LogP contribution in [-0.2, 0) is 0 Å². The highest BCUT2D eigenvalue weighted by Gasteiger charge is 2.32. The average molecular weight is 184 g/mol. The van der Waals surface area contributed by atoms with Crippen LogP contribution in [0.25, 0.3) is 0 Å². The molecule has 0 aliphatic carbocycles. The highest BCUT2D eigenvalue weighted by molar-refractivity contribution is 4.93. The van der Waals surface area contributed by atoms with Crippen LogP contribution in [-0.4, -0.2) is 75.1 Å². The van der Waals surface area contributed by atoms with Crippen molar-refractivity contribution in [1.29, 1.82) is 0 Å². The Morgan fingerprint density at radius 2 is 1.92 bits per heavy atom. The summed E-state index contributed by atoms with van der Waals surface area (Å²) in [6.07, 6.45) is 2.34. The Bertz CT molecular complexity index is 145. The van der Waals surface area contributed by atoms with Crippen LogP contribution >= 0.6 is 0 Å². The summed E-state index contributed by atoms with van der Waals surface area (Å²) >= 11 is 0. The van der Waals surface area contributed by atoms with Gasteiger partial charge in [0.25, 0.3) is 0 Å². The SMILES string of the molecule is CN(C)C[CH]CN1CC1CN(C)C. The highest BCUT2D eigenvalue weighted by Crippen LogP contribution is 2.17. The van der Waals surface area contributed by atoms with Crippen LogP contribution in [0.1, 0.15) is 0 Å². The summed E-state index contributed by atoms with van der Waals surface area (Å²) in [6.45, 7) is 4.72. The molecule has 1 fully saturated rings. The molecule has 1 heterocycles. The van der Waals surface area contributed by atoms with Gasteiger partial charge in [0.2, 0.25) is 0 Å². The minimum Gasteiger partial charge on any atom is -0.309 e. The van der Waals surface area contributed by atoms with Gasteiger partial charge in [0.1, 0.15) is 0 Å². The average Bonchev–Trinajstić information content (AvgIpc) is 2.65. The molecule has 1 aliphatic rings. The van der Waals surface area contributed by atoms with Gasteiger partial charge in [0, 0.05) is 32.2 Å². The first-order valence-corrected chi connectivity index (χ1v) is 4.94. The zero-order chi connectivity index (χ0) is 9.84. The lowest BCUT2D eigenvalue weighted by Gasteiger charge is -2.11. The Balaban J connectivity index is 1.95. The van der Waals surface area contributed by atoms with Gasteiger partial charge in [0.05, 0.1) is 0 Å². The lowest BCUT2D eigenvalue weighted by atomic mass is 10.4. The molecule has 0 aromatic heterocycles. The Morgan fingerprint density at radius 3 is 2.46 bits per heavy atom. The normalized spacial score (nSPS) is 27.2. The van der Waals surface area contributed by atoms with Crippen molar-refractivity contribution >= 4 is 0 Å². The summed E-state index contributed by atoms with van der Waals surface area (Å²) in [5, 5.41) is 0. The van der Waals surface area contributed by atoms with Crippen LogP contribution < -0.4 is 0 Å². The summed E-state index contributed by atoms with van der Waals surface area (Å²) in [5.74, 6) is 0. The topological polar surface area (TPSA) is 9.49 Å². The fourth-order valence-electron chi connectivity index (χ4n) is 1.52. The van der Waals surface area contributed by atoms with Crippen molar-refractivity contribution in [2.75, 3.05) is 54.4 Å². The van der Waals surface area contributed by atoms with E-state index in [1.165, 1.54) is 13.1 Å². The molecule has 1 aliphatic heterocycles. The van der Waals surface area contributed by atoms with Gasteiger partial charge in [-0.2, -0.15) is 0 Å². The van der Waals surface area contributed by atoms with Crippen LogP contribution in [0, 0.1) is 6.42 Å². The van der Waals surface area contributed by atoms with E-state index >= 15 is 0 Å². The largest absolute Gasteiger partial charge is 0.309 e. The molecule has 0 bridgehead atoms. The van der Waals surface area contributed by atoms with Crippen molar-refractivity contribution in [3.8, 4) is 0 Å². The summed E-state index contributed by atoms with van der Waals surface area (Å²) < 4.78 is 0. The van der Waals surface area contributed by atoms with Crippen LogP contribution in [0.15, 0.2) is 0 Å². The summed E-state index contributed by atoms with van der Waals surface area (Å²) in [7, 11) is 8.49. The van der Waals surface area contributed by atoms with Gasteiger partial charge in [0.15, 0.2) is 0 Å². The molecular formula is C10H22N3. The van der Waals surface area contributed by atoms with Crippen molar-refractivity contribution < 1.29 is 0 Å². The predicted octanol–water partition coefficient (Wildman–Crippen LogP) is -0.00191. The molecule has 1 rings (SSSR count). The first-order valence-electron chi connectivity index (χ1n) is 4.94. The second kappa shape index (κ2) is 4.94. The maximum Gasteiger partial charge on any atom is 0.0351 e. The fourth-order valence-corrected chi connectivity index (χ4v) is 1.52. The minimum absolute atomic E-state index is 0.813. The van der Waals surface area contributed by atoms with E-state index in [-0.39, 0.29) is 0 Å². The minimum atomic E-state index is 0.813. The fraction of sp³-hybridized carbons (Fsp3) is 0.900. The second-order valence-corrected chi connectivity index (χ2v) is 4.42. The second-order valence-electron chi connectivity index (χ2n) is 4.42. The first kappa shape index (κ1) is 11.0. The molecule has 2 unspecified atom stereocenters. The molecule has 13 heavy (non-hydrogen) atoms. The van der Waals surface area contributed by atoms with E-state index in [0.29, 0.717) is 0 Å². The summed E-state index contributed by atoms with van der Waals surface area (Å²) in [6, 6.07) is 0.813. The molecule has 2 atom stereocenters. The van der Waals surface area contributed by atoms with Gasteiger partial charge >= 0.3 is 0 Å². The monoisotopic (exact) mass is 184 g/mol. The molecule has 0 N–H and O–H groups in total. The zero-order valence-electron chi connectivity index (χ0n) is 9.32. The van der Waals surface area contributed by atoms with Crippen molar-refractivity contribution in [3.05, 3.63) is 6.42 Å². The Hall–Kier alpha value is -0.120. The lowest BCUT2D eigenvalue weighted by Crippen LogP contribution is -2.22. The van der Waals surface area contributed by atoms with E-state index in [2.05, 4.69) is 49.3 Å². The maximum absolute atomic E-state index is 2.50. The van der Waals surface area contributed by atoms with Crippen LogP contribution in [0.4, 0.5) is 0 Å². The molecule has 3 nitrogen and oxygen atoms in total. The van der Waals surface area contributed by atoms with Crippen LogP contribution in [0.5, 0.6) is 0 Å². The number of likely N-dealkylation sites (N-methyl/N-ethyl adjacent to an activating group) is 1. The number of hydrogen-bond acceptors (Lipinski definition) is 3. The van der Waals surface area contributed by atoms with Crippen molar-refractivity contribution in [2.24, 2.45) is 0 Å². The standard InChI is InChI=1S/C10H22N3/c1-11(2)6-5-7-13-9-10(13)8-12(3)4/h5,10H,6-9H2,1-4H3. The Morgan fingerprint density at radius 1 is 1.23 bits per heavy atom. The number of nitrogens with zero attached hydrogens (tertiary/aromatic N) is 3. The van der Waals surface area contributed by atoms with Gasteiger partial charge in [-0.25, -0.2) is 0 Å². The molecule has 0 saturated carbocycles. The molecule has 0 aromatic rings. The number of rotatable bonds is 6. The van der Waals surface area contributed by atoms with Gasteiger partial charge in [-0.1, -0.05) is 0 Å². The summed E-state index contributed by atoms with van der Waals surface area (Å²) in [4.78, 5) is 6.96. The maximum atomic E-state index is 2.50. The van der Waals surface area contributed by atoms with Gasteiger partial charge in [-0.3, -0.25) is 4.90 Å². The van der Waals surface area contributed by atoms with Gasteiger partial charge in [-0.15, -0.1) is 0 Å². The van der Waals surface area contributed by atoms with E-state index in [9.17, 15) is 0 Å². The summed E-state index contributed by atoms with van der Waals surface area (Å²) in [5.41, 5.74) is 0. The van der Waals surface area contributed by atoms with E-state index in [1.807, 2.05) is 0 Å². The lowest BCUT2D eigenvalue weighted by molar-refractivity contribution is 0.370. The Kier molecular flexibility index (Phi) is 4.16. The Labute approximate surface area is 82.3 Å². The van der Waals surface area contributed by atoms with Gasteiger partial charge in [-0.05, 0) is 34.6 Å². The first-order chi connectivity index (χ1) is 6.09. The predicted molar refractivity (Wildman–Crippen MR) is 56.8 cm³/mol. The van der Waals surface area contributed by atoms with Crippen molar-refractivity contribution in [2.45, 2.75) is 6.04 Å². The van der Waals surface area contributed by atoms with E-state index in [0.717, 1.165) is 19.1 Å². The number of hydrogen-bond donors (Lipinski definition) is 0.